The van der Waals surface area contributed by atoms with Crippen LogP contribution in [0.2, 0.25) is 0 Å². The third-order valence-corrected chi connectivity index (χ3v) is 5.29. The molecule has 3 nitrogen and oxygen atoms in total. The summed E-state index contributed by atoms with van der Waals surface area (Å²) < 4.78 is 0. The quantitative estimate of drug-likeness (QED) is 0.474. The number of rotatable bonds is 7. The molecule has 1 amide bonds. The Morgan fingerprint density at radius 1 is 1.04 bits per heavy atom. The van der Waals surface area contributed by atoms with Crippen molar-refractivity contribution in [1.29, 1.82) is 0 Å². The van der Waals surface area contributed by atoms with E-state index in [-0.39, 0.29) is 11.8 Å². The average Bonchev–Trinajstić information content (AvgIpc) is 2.68. The van der Waals surface area contributed by atoms with Crippen LogP contribution < -0.4 is 5.32 Å². The van der Waals surface area contributed by atoms with E-state index in [1.807, 2.05) is 55.5 Å². The van der Waals surface area contributed by atoms with Gasteiger partial charge in [-0.2, -0.15) is 0 Å². The highest BCUT2D eigenvalue weighted by Gasteiger charge is 2.18. The van der Waals surface area contributed by atoms with Crippen molar-refractivity contribution in [3.63, 3.8) is 0 Å². The Kier molecular flexibility index (Phi) is 6.08. The lowest BCUT2D eigenvalue weighted by molar-refractivity contribution is -0.117. The molecular weight excluding hydrogens is 342 g/mol. The van der Waals surface area contributed by atoms with Crippen LogP contribution in [-0.4, -0.2) is 17.9 Å². The van der Waals surface area contributed by atoms with Crippen molar-refractivity contribution < 1.29 is 9.59 Å². The first-order valence-corrected chi connectivity index (χ1v) is 9.74. The lowest BCUT2D eigenvalue weighted by Crippen LogP contribution is -2.19. The van der Waals surface area contributed by atoms with Gasteiger partial charge in [-0.1, -0.05) is 60.7 Å². The minimum atomic E-state index is -0.267. The normalized spacial score (nSPS) is 11.9. The second-order valence-corrected chi connectivity index (χ2v) is 7.15. The fourth-order valence-corrected chi connectivity index (χ4v) is 3.68. The topological polar surface area (TPSA) is 46.2 Å². The summed E-state index contributed by atoms with van der Waals surface area (Å²) in [5.41, 5.74) is 2.86. The smallest absolute Gasteiger partial charge is 0.231 e. The Bertz CT molecular complexity index is 917. The largest absolute Gasteiger partial charge is 0.325 e. The van der Waals surface area contributed by atoms with Crippen LogP contribution in [0.25, 0.3) is 10.8 Å². The molecule has 0 bridgehead atoms. The number of fused-ring (bicyclic) bond motifs is 1. The van der Waals surface area contributed by atoms with Crippen molar-refractivity contribution in [2.24, 2.45) is 0 Å². The van der Waals surface area contributed by atoms with Crippen molar-refractivity contribution in [3.8, 4) is 0 Å². The monoisotopic (exact) mass is 363 g/mol. The van der Waals surface area contributed by atoms with E-state index in [2.05, 4.69) is 23.5 Å². The van der Waals surface area contributed by atoms with E-state index in [0.717, 1.165) is 33.9 Å². The number of aldehydes is 1. The molecule has 0 aliphatic heterocycles. The standard InChI is InChI=1S/C22H21NO2S/c1-16(19-11-6-9-17-7-2-4-10-20(17)19)22(25)23-21-12-5-3-8-18(21)15-26-14-13-24/h2-13,16H,14-15H2,1H3,(H,23,25). The minimum absolute atomic E-state index is 0.0332. The third-order valence-electron chi connectivity index (χ3n) is 4.40. The molecule has 1 unspecified atom stereocenters. The highest BCUT2D eigenvalue weighted by Crippen LogP contribution is 2.28. The van der Waals surface area contributed by atoms with Crippen molar-refractivity contribution in [3.05, 3.63) is 77.9 Å². The summed E-state index contributed by atoms with van der Waals surface area (Å²) in [4.78, 5) is 23.4. The first-order valence-electron chi connectivity index (χ1n) is 8.58. The van der Waals surface area contributed by atoms with Crippen LogP contribution in [0.1, 0.15) is 24.0 Å². The van der Waals surface area contributed by atoms with E-state index in [4.69, 9.17) is 0 Å². The summed E-state index contributed by atoms with van der Waals surface area (Å²) in [5, 5.41) is 5.30. The number of benzene rings is 3. The van der Waals surface area contributed by atoms with E-state index >= 15 is 0 Å². The molecule has 0 saturated heterocycles. The summed E-state index contributed by atoms with van der Waals surface area (Å²) in [7, 11) is 0. The fourth-order valence-electron chi connectivity index (χ4n) is 3.00. The number of carbonyl (C=O) groups excluding carboxylic acids is 2. The number of carbonyl (C=O) groups is 2. The minimum Gasteiger partial charge on any atom is -0.325 e. The Labute approximate surface area is 157 Å². The zero-order chi connectivity index (χ0) is 18.4. The van der Waals surface area contributed by atoms with E-state index in [9.17, 15) is 9.59 Å². The van der Waals surface area contributed by atoms with Crippen LogP contribution in [-0.2, 0) is 15.3 Å². The molecule has 0 aromatic heterocycles. The maximum absolute atomic E-state index is 12.9. The highest BCUT2D eigenvalue weighted by atomic mass is 32.2. The Morgan fingerprint density at radius 3 is 2.62 bits per heavy atom. The highest BCUT2D eigenvalue weighted by molar-refractivity contribution is 7.99. The molecular formula is C22H21NO2S. The molecule has 26 heavy (non-hydrogen) atoms. The number of hydrogen-bond donors (Lipinski definition) is 1. The van der Waals surface area contributed by atoms with Gasteiger partial charge in [0.1, 0.15) is 6.29 Å². The van der Waals surface area contributed by atoms with Gasteiger partial charge in [-0.05, 0) is 34.9 Å². The van der Waals surface area contributed by atoms with Crippen molar-refractivity contribution in [2.75, 3.05) is 11.1 Å². The van der Waals surface area contributed by atoms with Gasteiger partial charge in [0.2, 0.25) is 5.91 Å². The second kappa shape index (κ2) is 8.68. The Hall–Kier alpha value is -2.59. The SMILES string of the molecule is CC(C(=O)Nc1ccccc1CSCC=O)c1cccc2ccccc12. The van der Waals surface area contributed by atoms with Crippen molar-refractivity contribution in [1.82, 2.24) is 0 Å². The lowest BCUT2D eigenvalue weighted by atomic mass is 9.94. The van der Waals surface area contributed by atoms with Gasteiger partial charge >= 0.3 is 0 Å². The number of thioether (sulfide) groups is 1. The van der Waals surface area contributed by atoms with Crippen LogP contribution in [0.15, 0.2) is 66.7 Å². The van der Waals surface area contributed by atoms with Gasteiger partial charge in [-0.15, -0.1) is 11.8 Å². The molecule has 3 aromatic rings. The summed E-state index contributed by atoms with van der Waals surface area (Å²) in [6, 6.07) is 21.9. The summed E-state index contributed by atoms with van der Waals surface area (Å²) in [5.74, 6) is 0.845. The van der Waals surface area contributed by atoms with Crippen LogP contribution in [0.5, 0.6) is 0 Å². The predicted octanol–water partition coefficient (Wildman–Crippen LogP) is 5.01. The number of amides is 1. The molecule has 0 spiro atoms. The van der Waals surface area contributed by atoms with Crippen LogP contribution >= 0.6 is 11.8 Å². The summed E-state index contributed by atoms with van der Waals surface area (Å²) in [6.07, 6.45) is 0.897. The first kappa shape index (κ1) is 18.2. The maximum atomic E-state index is 12.9. The molecule has 4 heteroatoms. The van der Waals surface area contributed by atoms with Crippen molar-refractivity contribution in [2.45, 2.75) is 18.6 Å². The number of para-hydroxylation sites is 1. The molecule has 0 aliphatic carbocycles. The fraction of sp³-hybridized carbons (Fsp3) is 0.182. The van der Waals surface area contributed by atoms with Crippen LogP contribution in [0, 0.1) is 0 Å². The molecule has 0 saturated carbocycles. The molecule has 0 radical (unpaired) electrons. The van der Waals surface area contributed by atoms with Gasteiger partial charge in [-0.3, -0.25) is 4.79 Å². The van der Waals surface area contributed by atoms with Crippen molar-refractivity contribution >= 4 is 40.4 Å². The van der Waals surface area contributed by atoms with E-state index in [1.54, 1.807) is 0 Å². The number of hydrogen-bond acceptors (Lipinski definition) is 3. The maximum Gasteiger partial charge on any atom is 0.231 e. The molecule has 1 atom stereocenters. The zero-order valence-electron chi connectivity index (χ0n) is 14.6. The summed E-state index contributed by atoms with van der Waals surface area (Å²) in [6.45, 7) is 1.93. The molecule has 132 valence electrons. The van der Waals surface area contributed by atoms with Gasteiger partial charge in [0.15, 0.2) is 0 Å². The van der Waals surface area contributed by atoms with E-state index in [0.29, 0.717) is 11.5 Å². The Morgan fingerprint density at radius 2 is 1.77 bits per heavy atom. The summed E-state index contributed by atoms with van der Waals surface area (Å²) >= 11 is 1.53. The Balaban J connectivity index is 1.80. The van der Waals surface area contributed by atoms with Gasteiger partial charge < -0.3 is 10.1 Å². The molecule has 0 fully saturated rings. The van der Waals surface area contributed by atoms with E-state index in [1.165, 1.54) is 11.8 Å². The zero-order valence-corrected chi connectivity index (χ0v) is 15.5. The average molecular weight is 363 g/mol. The molecule has 3 rings (SSSR count). The van der Waals surface area contributed by atoms with Gasteiger partial charge in [0.05, 0.1) is 5.92 Å². The molecule has 0 aliphatic rings. The number of nitrogens with one attached hydrogen (secondary N) is 1. The number of anilines is 1. The predicted molar refractivity (Wildman–Crippen MR) is 110 cm³/mol. The second-order valence-electron chi connectivity index (χ2n) is 6.12. The molecule has 3 aromatic carbocycles. The lowest BCUT2D eigenvalue weighted by Gasteiger charge is -2.17. The van der Waals surface area contributed by atoms with Gasteiger partial charge in [-0.25, -0.2) is 0 Å². The van der Waals surface area contributed by atoms with Gasteiger partial charge in [0.25, 0.3) is 0 Å². The van der Waals surface area contributed by atoms with E-state index < -0.39 is 0 Å². The van der Waals surface area contributed by atoms with Crippen LogP contribution in [0.3, 0.4) is 0 Å². The van der Waals surface area contributed by atoms with Crippen LogP contribution in [0.4, 0.5) is 5.69 Å². The molecule has 0 heterocycles. The molecule has 1 N–H and O–H groups in total. The first-order chi connectivity index (χ1) is 12.7. The van der Waals surface area contributed by atoms with Gasteiger partial charge in [0, 0.05) is 17.2 Å². The third kappa shape index (κ3) is 4.14.